The van der Waals surface area contributed by atoms with E-state index in [1.807, 2.05) is 11.8 Å². The molecule has 0 bridgehead atoms. The summed E-state index contributed by atoms with van der Waals surface area (Å²) in [6.45, 7) is 3.14. The zero-order valence-electron chi connectivity index (χ0n) is 15.6. The molecular weight excluding hydrogens is 464 g/mol. The monoisotopic (exact) mass is 496 g/mol. The molecule has 25 heavy (non-hydrogen) atoms. The molecule has 0 aromatic rings. The minimum Gasteiger partial charge on any atom is -0.353 e. The highest BCUT2D eigenvalue weighted by Gasteiger charge is 2.35. The van der Waals surface area contributed by atoms with E-state index in [0.717, 1.165) is 13.0 Å². The molecule has 3 atom stereocenters. The third-order valence-corrected chi connectivity index (χ3v) is 8.33. The molecule has 2 heterocycles. The summed E-state index contributed by atoms with van der Waals surface area (Å²) in [5.74, 6) is 0.572. The molecule has 0 spiro atoms. The van der Waals surface area contributed by atoms with Crippen LogP contribution in [0.3, 0.4) is 0 Å². The van der Waals surface area contributed by atoms with Gasteiger partial charge in [-0.25, -0.2) is 0 Å². The van der Waals surface area contributed by atoms with Crippen molar-refractivity contribution in [3.05, 3.63) is 11.5 Å². The average molecular weight is 498 g/mol. The Morgan fingerprint density at radius 2 is 1.96 bits per heavy atom. The summed E-state index contributed by atoms with van der Waals surface area (Å²) < 4.78 is 12.1. The smallest absolute Gasteiger partial charge is 0.157 e. The predicted molar refractivity (Wildman–Crippen MR) is 116 cm³/mol. The van der Waals surface area contributed by atoms with Gasteiger partial charge in [-0.3, -0.25) is 0 Å². The summed E-state index contributed by atoms with van der Waals surface area (Å²) in [7, 11) is 0. The van der Waals surface area contributed by atoms with E-state index in [4.69, 9.17) is 9.47 Å². The lowest BCUT2D eigenvalue weighted by Crippen LogP contribution is -2.28. The van der Waals surface area contributed by atoms with Gasteiger partial charge in [0.05, 0.1) is 6.10 Å². The first-order valence-corrected chi connectivity index (χ1v) is 12.6. The van der Waals surface area contributed by atoms with Crippen LogP contribution >= 0.6 is 43.6 Å². The summed E-state index contributed by atoms with van der Waals surface area (Å²) >= 11 is 9.38. The van der Waals surface area contributed by atoms with Crippen molar-refractivity contribution in [2.75, 3.05) is 6.61 Å². The largest absolute Gasteiger partial charge is 0.353 e. The topological polar surface area (TPSA) is 18.5 Å². The van der Waals surface area contributed by atoms with E-state index in [1.165, 1.54) is 70.6 Å². The number of hydrogen-bond acceptors (Lipinski definition) is 3. The molecule has 5 heteroatoms. The summed E-state index contributed by atoms with van der Waals surface area (Å²) in [6.07, 6.45) is 17.6. The summed E-state index contributed by atoms with van der Waals surface area (Å²) in [6, 6.07) is 0. The highest BCUT2D eigenvalue weighted by atomic mass is 79.9. The molecule has 2 aliphatic heterocycles. The first kappa shape index (κ1) is 22.3. The number of ether oxygens (including phenoxy) is 2. The molecule has 0 saturated carbocycles. The molecule has 1 saturated heterocycles. The molecule has 0 amide bonds. The lowest BCUT2D eigenvalue weighted by atomic mass is 9.99. The summed E-state index contributed by atoms with van der Waals surface area (Å²) in [4.78, 5) is 0. The molecule has 2 rings (SSSR count). The predicted octanol–water partition coefficient (Wildman–Crippen LogP) is 7.75. The molecule has 146 valence electrons. The maximum atomic E-state index is 6.33. The van der Waals surface area contributed by atoms with Crippen molar-refractivity contribution in [3.63, 3.8) is 0 Å². The van der Waals surface area contributed by atoms with Crippen LogP contribution in [0.4, 0.5) is 0 Å². The van der Waals surface area contributed by atoms with Crippen LogP contribution in [0.15, 0.2) is 11.5 Å². The van der Waals surface area contributed by atoms with E-state index in [9.17, 15) is 0 Å². The average Bonchev–Trinajstić information content (AvgIpc) is 2.94. The fourth-order valence-corrected chi connectivity index (χ4v) is 5.77. The molecule has 3 unspecified atom stereocenters. The Balaban J connectivity index is 1.67. The molecule has 2 aliphatic rings. The molecule has 2 nitrogen and oxygen atoms in total. The lowest BCUT2D eigenvalue weighted by molar-refractivity contribution is -0.190. The molecule has 0 aliphatic carbocycles. The highest BCUT2D eigenvalue weighted by Crippen LogP contribution is 2.52. The minimum absolute atomic E-state index is 0.0198. The van der Waals surface area contributed by atoms with Crippen molar-refractivity contribution >= 4 is 43.6 Å². The number of alkyl halides is 2. The van der Waals surface area contributed by atoms with Gasteiger partial charge >= 0.3 is 0 Å². The van der Waals surface area contributed by atoms with Gasteiger partial charge in [-0.2, -0.15) is 0 Å². The van der Waals surface area contributed by atoms with Gasteiger partial charge in [0, 0.05) is 12.5 Å². The molecule has 0 N–H and O–H groups in total. The van der Waals surface area contributed by atoms with Crippen molar-refractivity contribution in [1.29, 1.82) is 0 Å². The van der Waals surface area contributed by atoms with Crippen LogP contribution in [-0.2, 0) is 9.47 Å². The van der Waals surface area contributed by atoms with Gasteiger partial charge in [0.2, 0.25) is 0 Å². The van der Waals surface area contributed by atoms with Crippen LogP contribution < -0.4 is 0 Å². The van der Waals surface area contributed by atoms with Crippen molar-refractivity contribution in [2.45, 2.75) is 98.9 Å². The lowest BCUT2D eigenvalue weighted by Gasteiger charge is -2.28. The maximum absolute atomic E-state index is 6.33. The molecule has 0 radical (unpaired) electrons. The van der Waals surface area contributed by atoms with Gasteiger partial charge in [0.25, 0.3) is 0 Å². The first-order chi connectivity index (χ1) is 12.1. The van der Waals surface area contributed by atoms with E-state index in [0.29, 0.717) is 12.0 Å². The van der Waals surface area contributed by atoms with Crippen molar-refractivity contribution < 1.29 is 9.47 Å². The Morgan fingerprint density at radius 3 is 2.60 bits per heavy atom. The Bertz CT molecular complexity index is 384. The van der Waals surface area contributed by atoms with E-state index >= 15 is 0 Å². The van der Waals surface area contributed by atoms with Crippen molar-refractivity contribution in [1.82, 2.24) is 0 Å². The van der Waals surface area contributed by atoms with Gasteiger partial charge < -0.3 is 9.47 Å². The quantitative estimate of drug-likeness (QED) is 0.203. The fraction of sp³-hybridized carbons (Fsp3) is 0.900. The summed E-state index contributed by atoms with van der Waals surface area (Å²) in [5, 5.41) is 2.20. The van der Waals surface area contributed by atoms with Crippen LogP contribution in [0.2, 0.25) is 0 Å². The molecule has 0 aromatic heterocycles. The van der Waals surface area contributed by atoms with E-state index < -0.39 is 0 Å². The molecular formula is C20H34Br2O2S. The maximum Gasteiger partial charge on any atom is 0.157 e. The SMILES string of the molecule is CCCCCCC(CCCCC1C=CSC1(Br)Br)OC1CCCCO1. The second-order valence-electron chi connectivity index (χ2n) is 7.30. The Labute approximate surface area is 175 Å². The Morgan fingerprint density at radius 1 is 1.16 bits per heavy atom. The standard InChI is InChI=1S/C20H34Br2O2S/c1-2-3-4-5-11-18(24-19-13-8-9-15-23-19)12-7-6-10-17-14-16-25-20(17,21)22/h14,16-19H,2-13,15H2,1H3. The van der Waals surface area contributed by atoms with E-state index in [1.54, 1.807) is 0 Å². The highest BCUT2D eigenvalue weighted by molar-refractivity contribution is 9.28. The first-order valence-electron chi connectivity index (χ1n) is 10.1. The third kappa shape index (κ3) is 8.68. The normalized spacial score (nSPS) is 26.8. The van der Waals surface area contributed by atoms with Crippen LogP contribution in [0, 0.1) is 5.92 Å². The van der Waals surface area contributed by atoms with Crippen molar-refractivity contribution in [2.24, 2.45) is 5.92 Å². The van der Waals surface area contributed by atoms with Gasteiger partial charge in [-0.1, -0.05) is 83.4 Å². The molecule has 0 aromatic carbocycles. The van der Waals surface area contributed by atoms with Crippen LogP contribution in [-0.4, -0.2) is 21.6 Å². The van der Waals surface area contributed by atoms with Gasteiger partial charge in [0.1, 0.15) is 2.57 Å². The zero-order valence-corrected chi connectivity index (χ0v) is 19.5. The van der Waals surface area contributed by atoms with E-state index in [-0.39, 0.29) is 8.86 Å². The van der Waals surface area contributed by atoms with Crippen LogP contribution in [0.25, 0.3) is 0 Å². The van der Waals surface area contributed by atoms with Crippen LogP contribution in [0.5, 0.6) is 0 Å². The third-order valence-electron chi connectivity index (χ3n) is 5.12. The van der Waals surface area contributed by atoms with Gasteiger partial charge in [-0.15, -0.1) is 11.8 Å². The summed E-state index contributed by atoms with van der Waals surface area (Å²) in [5.41, 5.74) is 0. The fourth-order valence-electron chi connectivity index (χ4n) is 3.54. The van der Waals surface area contributed by atoms with Gasteiger partial charge in [0.15, 0.2) is 6.29 Å². The zero-order chi connectivity index (χ0) is 18.0. The molecule has 1 fully saturated rings. The number of allylic oxidation sites excluding steroid dienone is 1. The van der Waals surface area contributed by atoms with Gasteiger partial charge in [-0.05, 0) is 43.9 Å². The van der Waals surface area contributed by atoms with Crippen LogP contribution in [0.1, 0.15) is 84.0 Å². The number of thioether (sulfide) groups is 1. The van der Waals surface area contributed by atoms with Crippen molar-refractivity contribution in [3.8, 4) is 0 Å². The second-order valence-corrected chi connectivity index (χ2v) is 13.1. The number of hydrogen-bond donors (Lipinski definition) is 0. The number of rotatable bonds is 12. The minimum atomic E-state index is 0.0198. The Kier molecular flexibility index (Phi) is 11.1. The Hall–Kier alpha value is 0.970. The van der Waals surface area contributed by atoms with E-state index in [2.05, 4.69) is 50.3 Å². The number of halogens is 2. The number of unbranched alkanes of at least 4 members (excludes halogenated alkanes) is 4. The second kappa shape index (κ2) is 12.4.